The van der Waals surface area contributed by atoms with Crippen molar-refractivity contribution in [3.63, 3.8) is 0 Å². The molecule has 0 aromatic heterocycles. The number of piperidine rings is 1. The van der Waals surface area contributed by atoms with Crippen molar-refractivity contribution >= 4 is 16.0 Å². The van der Waals surface area contributed by atoms with E-state index in [4.69, 9.17) is 10.8 Å². The summed E-state index contributed by atoms with van der Waals surface area (Å²) in [6, 6.07) is 0. The average Bonchev–Trinajstić information content (AvgIpc) is 2.16. The van der Waals surface area contributed by atoms with Crippen LogP contribution in [0.5, 0.6) is 0 Å². The van der Waals surface area contributed by atoms with Gasteiger partial charge >= 0.3 is 5.97 Å². The summed E-state index contributed by atoms with van der Waals surface area (Å²) in [5, 5.41) is 8.45. The Hall–Kier alpha value is -0.660. The number of carbonyl (C=O) groups is 1. The van der Waals surface area contributed by atoms with Crippen LogP contribution in [-0.2, 0) is 14.8 Å². The molecule has 1 fully saturated rings. The highest BCUT2D eigenvalue weighted by Gasteiger charge is 2.29. The Morgan fingerprint density at radius 2 is 1.93 bits per heavy atom. The number of sulfonamides is 1. The summed E-state index contributed by atoms with van der Waals surface area (Å²) in [5.74, 6) is -1.77. The van der Waals surface area contributed by atoms with Gasteiger partial charge in [-0.25, -0.2) is 12.7 Å². The molecular formula is C8H16N2O4S. The van der Waals surface area contributed by atoms with Gasteiger partial charge in [-0.1, -0.05) is 0 Å². The Morgan fingerprint density at radius 3 is 2.33 bits per heavy atom. The van der Waals surface area contributed by atoms with Crippen LogP contribution in [0, 0.1) is 5.92 Å². The van der Waals surface area contributed by atoms with Gasteiger partial charge in [0.2, 0.25) is 10.0 Å². The lowest BCUT2D eigenvalue weighted by Gasteiger charge is -2.29. The number of carboxylic acids is 1. The van der Waals surface area contributed by atoms with Crippen LogP contribution in [0.25, 0.3) is 0 Å². The molecule has 3 N–H and O–H groups in total. The third kappa shape index (κ3) is 3.44. The van der Waals surface area contributed by atoms with Crippen LogP contribution in [0.2, 0.25) is 0 Å². The van der Waals surface area contributed by atoms with E-state index in [9.17, 15) is 13.2 Å². The Morgan fingerprint density at radius 1 is 1.40 bits per heavy atom. The SMILES string of the molecule is NCC1CCN(S(=O)(=O)CC(=O)O)CC1. The van der Waals surface area contributed by atoms with Crippen molar-refractivity contribution in [2.75, 3.05) is 25.4 Å². The molecule has 1 aliphatic rings. The van der Waals surface area contributed by atoms with Gasteiger partial charge in [0.15, 0.2) is 5.75 Å². The van der Waals surface area contributed by atoms with E-state index >= 15 is 0 Å². The van der Waals surface area contributed by atoms with E-state index in [0.29, 0.717) is 25.6 Å². The van der Waals surface area contributed by atoms with E-state index in [0.717, 1.165) is 12.8 Å². The fraction of sp³-hybridized carbons (Fsp3) is 0.875. The summed E-state index contributed by atoms with van der Waals surface area (Å²) < 4.78 is 24.3. The maximum absolute atomic E-state index is 11.5. The Labute approximate surface area is 89.1 Å². The molecule has 7 heteroatoms. The van der Waals surface area contributed by atoms with Gasteiger partial charge in [-0.05, 0) is 25.3 Å². The first-order chi connectivity index (χ1) is 6.95. The molecule has 0 aromatic rings. The fourth-order valence-electron chi connectivity index (χ4n) is 1.67. The summed E-state index contributed by atoms with van der Waals surface area (Å²) in [5.41, 5.74) is 5.48. The Kier molecular flexibility index (Phi) is 4.06. The van der Waals surface area contributed by atoms with Crippen molar-refractivity contribution in [1.29, 1.82) is 0 Å². The second-order valence-electron chi connectivity index (χ2n) is 3.73. The van der Waals surface area contributed by atoms with Gasteiger partial charge in [-0.2, -0.15) is 0 Å². The first kappa shape index (κ1) is 12.4. The van der Waals surface area contributed by atoms with Gasteiger partial charge in [0.05, 0.1) is 0 Å². The highest BCUT2D eigenvalue weighted by atomic mass is 32.2. The van der Waals surface area contributed by atoms with Gasteiger partial charge in [-0.3, -0.25) is 4.79 Å². The van der Waals surface area contributed by atoms with Gasteiger partial charge < -0.3 is 10.8 Å². The predicted octanol–water partition coefficient (Wildman–Crippen LogP) is -0.928. The van der Waals surface area contributed by atoms with E-state index in [1.54, 1.807) is 0 Å². The third-order valence-corrected chi connectivity index (χ3v) is 4.37. The molecule has 0 radical (unpaired) electrons. The molecule has 1 aliphatic heterocycles. The molecule has 1 rings (SSSR count). The van der Waals surface area contributed by atoms with Gasteiger partial charge in [0, 0.05) is 13.1 Å². The number of nitrogens with zero attached hydrogens (tertiary/aromatic N) is 1. The van der Waals surface area contributed by atoms with Crippen LogP contribution in [0.15, 0.2) is 0 Å². The minimum absolute atomic E-state index is 0.362. The molecule has 88 valence electrons. The Bertz CT molecular complexity index is 320. The van der Waals surface area contributed by atoms with Gasteiger partial charge in [0.1, 0.15) is 0 Å². The zero-order valence-corrected chi connectivity index (χ0v) is 9.24. The summed E-state index contributed by atoms with van der Waals surface area (Å²) in [6.45, 7) is 1.34. The lowest BCUT2D eigenvalue weighted by atomic mass is 9.99. The molecule has 0 saturated carbocycles. The average molecular weight is 236 g/mol. The standard InChI is InChI=1S/C8H16N2O4S/c9-5-7-1-3-10(4-2-7)15(13,14)6-8(11)12/h7H,1-6,9H2,(H,11,12). The minimum atomic E-state index is -3.62. The topological polar surface area (TPSA) is 101 Å². The number of hydrogen-bond acceptors (Lipinski definition) is 4. The highest BCUT2D eigenvalue weighted by Crippen LogP contribution is 2.18. The van der Waals surface area contributed by atoms with E-state index in [-0.39, 0.29) is 0 Å². The maximum Gasteiger partial charge on any atom is 0.320 e. The second kappa shape index (κ2) is 4.91. The fourth-order valence-corrected chi connectivity index (χ4v) is 2.93. The predicted molar refractivity (Wildman–Crippen MR) is 54.8 cm³/mol. The molecule has 1 saturated heterocycles. The van der Waals surface area contributed by atoms with Crippen LogP contribution in [0.4, 0.5) is 0 Å². The first-order valence-corrected chi connectivity index (χ1v) is 6.46. The van der Waals surface area contributed by atoms with Gasteiger partial charge in [-0.15, -0.1) is 0 Å². The van der Waals surface area contributed by atoms with Crippen LogP contribution >= 0.6 is 0 Å². The van der Waals surface area contributed by atoms with Crippen LogP contribution in [0.3, 0.4) is 0 Å². The largest absolute Gasteiger partial charge is 0.480 e. The third-order valence-electron chi connectivity index (χ3n) is 2.61. The summed E-state index contributed by atoms with van der Waals surface area (Å²) in [4.78, 5) is 10.4. The van der Waals surface area contributed by atoms with Crippen molar-refractivity contribution in [2.45, 2.75) is 12.8 Å². The number of hydrogen-bond donors (Lipinski definition) is 2. The van der Waals surface area contributed by atoms with E-state index in [1.165, 1.54) is 4.31 Å². The van der Waals surface area contributed by atoms with Crippen LogP contribution in [0.1, 0.15) is 12.8 Å². The van der Waals surface area contributed by atoms with Crippen molar-refractivity contribution in [3.05, 3.63) is 0 Å². The monoisotopic (exact) mass is 236 g/mol. The molecule has 0 aromatic carbocycles. The van der Waals surface area contributed by atoms with E-state index in [2.05, 4.69) is 0 Å². The molecule has 1 heterocycles. The van der Waals surface area contributed by atoms with Crippen LogP contribution < -0.4 is 5.73 Å². The zero-order valence-electron chi connectivity index (χ0n) is 8.42. The molecule has 0 unspecified atom stereocenters. The smallest absolute Gasteiger partial charge is 0.320 e. The second-order valence-corrected chi connectivity index (χ2v) is 5.70. The summed E-state index contributed by atoms with van der Waals surface area (Å²) in [7, 11) is -3.62. The molecule has 0 aliphatic carbocycles. The summed E-state index contributed by atoms with van der Waals surface area (Å²) in [6.07, 6.45) is 1.44. The van der Waals surface area contributed by atoms with Crippen LogP contribution in [-0.4, -0.2) is 49.2 Å². The number of nitrogens with two attached hydrogens (primary N) is 1. The minimum Gasteiger partial charge on any atom is -0.480 e. The number of rotatable bonds is 4. The number of carboxylic acid groups (broad SMARTS) is 1. The van der Waals surface area contributed by atoms with Gasteiger partial charge in [0.25, 0.3) is 0 Å². The quantitative estimate of drug-likeness (QED) is 0.657. The lowest BCUT2D eigenvalue weighted by molar-refractivity contribution is -0.134. The lowest BCUT2D eigenvalue weighted by Crippen LogP contribution is -2.42. The molecule has 15 heavy (non-hydrogen) atoms. The molecule has 0 spiro atoms. The molecular weight excluding hydrogens is 220 g/mol. The highest BCUT2D eigenvalue weighted by molar-refractivity contribution is 7.89. The van der Waals surface area contributed by atoms with Crippen molar-refractivity contribution in [2.24, 2.45) is 11.7 Å². The number of aliphatic carboxylic acids is 1. The molecule has 6 nitrogen and oxygen atoms in total. The van der Waals surface area contributed by atoms with Crippen molar-refractivity contribution < 1.29 is 18.3 Å². The van der Waals surface area contributed by atoms with E-state index < -0.39 is 21.7 Å². The first-order valence-electron chi connectivity index (χ1n) is 4.85. The molecule has 0 amide bonds. The summed E-state index contributed by atoms with van der Waals surface area (Å²) >= 11 is 0. The normalized spacial score (nSPS) is 20.3. The van der Waals surface area contributed by atoms with Crippen molar-refractivity contribution in [3.8, 4) is 0 Å². The maximum atomic E-state index is 11.5. The zero-order chi connectivity index (χ0) is 11.5. The Balaban J connectivity index is 2.56. The van der Waals surface area contributed by atoms with Crippen molar-refractivity contribution in [1.82, 2.24) is 4.31 Å². The van der Waals surface area contributed by atoms with E-state index in [1.807, 2.05) is 0 Å². The molecule has 0 bridgehead atoms. The molecule has 0 atom stereocenters.